The lowest BCUT2D eigenvalue weighted by atomic mass is 10.1. The van der Waals surface area contributed by atoms with Gasteiger partial charge in [0.15, 0.2) is 0 Å². The summed E-state index contributed by atoms with van der Waals surface area (Å²) in [5.41, 5.74) is 5.04. The molecule has 0 aromatic heterocycles. The van der Waals surface area contributed by atoms with Crippen LogP contribution in [0.1, 0.15) is 27.2 Å². The molecule has 0 bridgehead atoms. The van der Waals surface area contributed by atoms with Gasteiger partial charge in [0.25, 0.3) is 0 Å². The van der Waals surface area contributed by atoms with Crippen LogP contribution in [0.3, 0.4) is 0 Å². The van der Waals surface area contributed by atoms with E-state index in [0.29, 0.717) is 12.0 Å². The molecule has 1 aliphatic heterocycles. The second-order valence-corrected chi connectivity index (χ2v) is 4.22. The number of nitrogens with one attached hydrogen (secondary N) is 2. The molecule has 1 fully saturated rings. The van der Waals surface area contributed by atoms with Gasteiger partial charge in [-0.2, -0.15) is 14.7 Å². The summed E-state index contributed by atoms with van der Waals surface area (Å²) in [6, 6.07) is 0.320. The van der Waals surface area contributed by atoms with E-state index in [0.717, 1.165) is 6.42 Å². The minimum Gasteiger partial charge on any atom is -0.221 e. The predicted molar refractivity (Wildman–Crippen MR) is 45.4 cm³/mol. The summed E-state index contributed by atoms with van der Waals surface area (Å²) in [6.45, 7) is 6.39. The lowest BCUT2D eigenvalue weighted by Crippen LogP contribution is -2.31. The van der Waals surface area contributed by atoms with Crippen molar-refractivity contribution >= 4 is 8.60 Å². The third kappa shape index (κ3) is 3.76. The Kier molecular flexibility index (Phi) is 4.35. The molecule has 0 amide bonds. The van der Waals surface area contributed by atoms with Crippen molar-refractivity contribution in [3.05, 3.63) is 0 Å². The van der Waals surface area contributed by atoms with E-state index in [1.165, 1.54) is 0 Å². The second kappa shape index (κ2) is 5.07. The van der Waals surface area contributed by atoms with Crippen LogP contribution in [0.25, 0.3) is 0 Å². The van der Waals surface area contributed by atoms with Crippen molar-refractivity contribution in [1.82, 2.24) is 11.1 Å². The summed E-state index contributed by atoms with van der Waals surface area (Å²) in [5.74, 6) is 0.658. The van der Waals surface area contributed by atoms with Gasteiger partial charge in [0, 0.05) is 6.04 Å². The molecule has 0 aliphatic carbocycles. The smallest absolute Gasteiger partial charge is 0.221 e. The molecule has 0 saturated carbocycles. The first-order chi connectivity index (χ1) is 5.68. The Morgan fingerprint density at radius 1 is 1.42 bits per heavy atom. The molecule has 1 unspecified atom stereocenters. The highest BCUT2D eigenvalue weighted by molar-refractivity contribution is 7.42. The monoisotopic (exact) mass is 194 g/mol. The molecule has 6 heteroatoms. The third-order valence-electron chi connectivity index (χ3n) is 1.38. The van der Waals surface area contributed by atoms with Crippen LogP contribution in [0.2, 0.25) is 0 Å². The molecule has 0 spiro atoms. The second-order valence-electron chi connectivity index (χ2n) is 3.23. The van der Waals surface area contributed by atoms with Gasteiger partial charge < -0.3 is 0 Å². The van der Waals surface area contributed by atoms with Crippen molar-refractivity contribution in [2.75, 3.05) is 0 Å². The zero-order valence-electron chi connectivity index (χ0n) is 7.53. The zero-order chi connectivity index (χ0) is 8.97. The normalized spacial score (nSPS) is 21.0. The maximum absolute atomic E-state index is 5.05. The number of rotatable bonds is 5. The van der Waals surface area contributed by atoms with E-state index in [4.69, 9.17) is 13.9 Å². The fourth-order valence-corrected chi connectivity index (χ4v) is 1.47. The molecule has 0 aromatic carbocycles. The third-order valence-corrected chi connectivity index (χ3v) is 2.08. The van der Waals surface area contributed by atoms with E-state index in [1.807, 2.05) is 0 Å². The van der Waals surface area contributed by atoms with Gasteiger partial charge in [-0.1, -0.05) is 19.5 Å². The van der Waals surface area contributed by atoms with Gasteiger partial charge in [0.1, 0.15) is 0 Å². The highest BCUT2D eigenvalue weighted by Crippen LogP contribution is 2.42. The maximum Gasteiger partial charge on any atom is 0.391 e. The molecule has 1 heterocycles. The van der Waals surface area contributed by atoms with Crippen molar-refractivity contribution in [2.24, 2.45) is 5.92 Å². The maximum atomic E-state index is 5.05. The highest BCUT2D eigenvalue weighted by atomic mass is 31.2. The van der Waals surface area contributed by atoms with Gasteiger partial charge in [-0.05, 0) is 19.3 Å². The van der Waals surface area contributed by atoms with Crippen molar-refractivity contribution < 1.29 is 13.9 Å². The molecular weight excluding hydrogens is 179 g/mol. The Bertz CT molecular complexity index is 132. The summed E-state index contributed by atoms with van der Waals surface area (Å²) in [6.07, 6.45) is 1.07. The van der Waals surface area contributed by atoms with Crippen LogP contribution in [0.4, 0.5) is 0 Å². The van der Waals surface area contributed by atoms with Crippen LogP contribution in [0.5, 0.6) is 0 Å². The Morgan fingerprint density at radius 2 is 2.08 bits per heavy atom. The van der Waals surface area contributed by atoms with E-state index in [9.17, 15) is 0 Å². The first-order valence-corrected chi connectivity index (χ1v) is 5.09. The lowest BCUT2D eigenvalue weighted by Gasteiger charge is -2.24. The van der Waals surface area contributed by atoms with Crippen molar-refractivity contribution in [1.29, 1.82) is 0 Å². The Balaban J connectivity index is 1.97. The lowest BCUT2D eigenvalue weighted by molar-refractivity contribution is -0.138. The fourth-order valence-electron chi connectivity index (χ4n) is 0.993. The average Bonchev–Trinajstić information content (AvgIpc) is 1.81. The highest BCUT2D eigenvalue weighted by Gasteiger charge is 2.24. The average molecular weight is 194 g/mol. The SMILES string of the molecule is CC(C)CC(C)NOP1ONO1. The van der Waals surface area contributed by atoms with Crippen molar-refractivity contribution in [2.45, 2.75) is 33.2 Å². The van der Waals surface area contributed by atoms with Crippen molar-refractivity contribution in [3.8, 4) is 0 Å². The van der Waals surface area contributed by atoms with Crippen LogP contribution >= 0.6 is 8.60 Å². The first kappa shape index (κ1) is 10.3. The van der Waals surface area contributed by atoms with Gasteiger partial charge in [0.05, 0.1) is 0 Å². The van der Waals surface area contributed by atoms with Crippen LogP contribution in [-0.2, 0) is 13.9 Å². The molecule has 72 valence electrons. The van der Waals surface area contributed by atoms with Crippen LogP contribution in [0.15, 0.2) is 0 Å². The Labute approximate surface area is 73.6 Å². The molecule has 1 saturated heterocycles. The Hall–Kier alpha value is 0.230. The Morgan fingerprint density at radius 3 is 2.50 bits per heavy atom. The summed E-state index contributed by atoms with van der Waals surface area (Å²) < 4.78 is 14.4. The fraction of sp³-hybridized carbons (Fsp3) is 1.00. The standard InChI is InChI=1S/C6H15N2O3P/c1-5(2)4-6(3)7-9-12-10-8-11-12/h5-8H,4H2,1-3H3. The van der Waals surface area contributed by atoms with Crippen LogP contribution in [-0.4, -0.2) is 6.04 Å². The molecule has 5 nitrogen and oxygen atoms in total. The van der Waals surface area contributed by atoms with E-state index >= 15 is 0 Å². The summed E-state index contributed by atoms with van der Waals surface area (Å²) in [5, 5.41) is 0. The number of hydroxylamine groups is 1. The summed E-state index contributed by atoms with van der Waals surface area (Å²) in [4.78, 5) is 0. The molecule has 1 rings (SSSR count). The molecule has 0 radical (unpaired) electrons. The van der Waals surface area contributed by atoms with Gasteiger partial charge in [-0.25, -0.2) is 4.62 Å². The molecule has 0 aromatic rings. The van der Waals surface area contributed by atoms with Gasteiger partial charge in [-0.15, -0.1) is 0 Å². The van der Waals surface area contributed by atoms with Crippen LogP contribution in [0, 0.1) is 5.92 Å². The topological polar surface area (TPSA) is 51.8 Å². The predicted octanol–water partition coefficient (Wildman–Crippen LogP) is 1.64. The largest absolute Gasteiger partial charge is 0.391 e. The van der Waals surface area contributed by atoms with Crippen LogP contribution < -0.4 is 11.1 Å². The number of hydrogen-bond acceptors (Lipinski definition) is 5. The summed E-state index contributed by atoms with van der Waals surface area (Å²) >= 11 is 0. The number of hydrogen-bond donors (Lipinski definition) is 2. The molecule has 2 N–H and O–H groups in total. The van der Waals surface area contributed by atoms with E-state index < -0.39 is 8.60 Å². The minimum absolute atomic E-state index is 0.320. The molecule has 1 atom stereocenters. The summed E-state index contributed by atoms with van der Waals surface area (Å²) in [7, 11) is -1.18. The zero-order valence-corrected chi connectivity index (χ0v) is 8.43. The van der Waals surface area contributed by atoms with E-state index in [2.05, 4.69) is 31.9 Å². The van der Waals surface area contributed by atoms with Crippen molar-refractivity contribution in [3.63, 3.8) is 0 Å². The molecular formula is C6H15N2O3P. The minimum atomic E-state index is -1.18. The molecule has 12 heavy (non-hydrogen) atoms. The van der Waals surface area contributed by atoms with Gasteiger partial charge in [-0.3, -0.25) is 0 Å². The quantitative estimate of drug-likeness (QED) is 0.514. The van der Waals surface area contributed by atoms with Gasteiger partial charge >= 0.3 is 8.60 Å². The van der Waals surface area contributed by atoms with Gasteiger partial charge in [0.2, 0.25) is 0 Å². The van der Waals surface area contributed by atoms with E-state index in [-0.39, 0.29) is 0 Å². The molecule has 1 aliphatic rings. The first-order valence-electron chi connectivity index (χ1n) is 4.00. The van der Waals surface area contributed by atoms with E-state index in [1.54, 1.807) is 0 Å².